The molecule has 0 aromatic heterocycles. The largest absolute Gasteiger partial charge is 0.497 e. The zero-order valence-electron chi connectivity index (χ0n) is 12.9. The van der Waals surface area contributed by atoms with Gasteiger partial charge >= 0.3 is 12.1 Å². The molecule has 1 aliphatic heterocycles. The lowest BCUT2D eigenvalue weighted by Crippen LogP contribution is -2.28. The number of benzene rings is 1. The van der Waals surface area contributed by atoms with Gasteiger partial charge in [-0.2, -0.15) is 18.4 Å². The molecule has 0 bridgehead atoms. The van der Waals surface area contributed by atoms with Crippen molar-refractivity contribution >= 4 is 5.97 Å². The number of carboxylic acid groups (broad SMARTS) is 1. The second kappa shape index (κ2) is 6.69. The van der Waals surface area contributed by atoms with Crippen LogP contribution in [0.2, 0.25) is 0 Å². The molecule has 1 saturated heterocycles. The molecule has 130 valence electrons. The zero-order valence-corrected chi connectivity index (χ0v) is 12.9. The number of aliphatic carboxylic acids is 1. The van der Waals surface area contributed by atoms with Gasteiger partial charge in [-0.05, 0) is 30.5 Å². The fraction of sp³-hybridized carbons (Fsp3) is 0.500. The van der Waals surface area contributed by atoms with Gasteiger partial charge in [-0.15, -0.1) is 0 Å². The first-order chi connectivity index (χ1) is 11.2. The number of hydrogen-bond donors (Lipinski definition) is 2. The van der Waals surface area contributed by atoms with E-state index in [1.165, 1.54) is 5.56 Å². The predicted octanol–water partition coefficient (Wildman–Crippen LogP) is 2.69. The Kier molecular flexibility index (Phi) is 5.04. The number of nitriles is 1. The van der Waals surface area contributed by atoms with Gasteiger partial charge in [-0.1, -0.05) is 12.1 Å². The van der Waals surface area contributed by atoms with Gasteiger partial charge in [0, 0.05) is 18.0 Å². The van der Waals surface area contributed by atoms with Gasteiger partial charge in [-0.3, -0.25) is 0 Å². The maximum Gasteiger partial charge on any atom is 0.490 e. The van der Waals surface area contributed by atoms with Crippen molar-refractivity contribution in [3.8, 4) is 11.8 Å². The molecule has 2 aliphatic rings. The number of carbonyl (C=O) groups is 1. The lowest BCUT2D eigenvalue weighted by atomic mass is 9.85. The lowest BCUT2D eigenvalue weighted by molar-refractivity contribution is -0.192. The number of alkyl halides is 3. The molecule has 1 spiro atoms. The minimum absolute atomic E-state index is 0.106. The summed E-state index contributed by atoms with van der Waals surface area (Å²) in [7, 11) is 1.68. The fourth-order valence-corrected chi connectivity index (χ4v) is 2.94. The molecule has 1 aromatic carbocycles. The molecule has 2 N–H and O–H groups in total. The van der Waals surface area contributed by atoms with E-state index in [9.17, 15) is 18.4 Å². The number of nitrogens with zero attached hydrogens (tertiary/aromatic N) is 1. The van der Waals surface area contributed by atoms with Gasteiger partial charge < -0.3 is 15.2 Å². The second-order valence-corrected chi connectivity index (χ2v) is 5.83. The topological polar surface area (TPSA) is 82.3 Å². The van der Waals surface area contributed by atoms with Crippen LogP contribution in [0.15, 0.2) is 24.3 Å². The molecule has 1 saturated carbocycles. The van der Waals surface area contributed by atoms with Gasteiger partial charge in [-0.25, -0.2) is 4.79 Å². The molecular formula is C16H17F3N2O3. The van der Waals surface area contributed by atoms with Crippen molar-refractivity contribution in [3.63, 3.8) is 0 Å². The first-order valence-electron chi connectivity index (χ1n) is 7.32. The van der Waals surface area contributed by atoms with Crippen LogP contribution in [0.25, 0.3) is 0 Å². The molecule has 2 atom stereocenters. The van der Waals surface area contributed by atoms with Crippen LogP contribution in [0.4, 0.5) is 13.2 Å². The third kappa shape index (κ3) is 3.79. The van der Waals surface area contributed by atoms with Crippen LogP contribution in [0, 0.1) is 17.2 Å². The molecule has 2 fully saturated rings. The Morgan fingerprint density at radius 3 is 2.54 bits per heavy atom. The highest BCUT2D eigenvalue weighted by Crippen LogP contribution is 2.52. The second-order valence-electron chi connectivity index (χ2n) is 5.83. The Labute approximate surface area is 137 Å². The van der Waals surface area contributed by atoms with Gasteiger partial charge in [0.05, 0.1) is 19.1 Å². The number of hydrogen-bond acceptors (Lipinski definition) is 4. The van der Waals surface area contributed by atoms with Crippen molar-refractivity contribution in [3.05, 3.63) is 29.8 Å². The molecule has 5 nitrogen and oxygen atoms in total. The molecule has 1 aliphatic carbocycles. The summed E-state index contributed by atoms with van der Waals surface area (Å²) in [6.07, 6.45) is -2.79. The molecular weight excluding hydrogens is 325 g/mol. The normalized spacial score (nSPS) is 23.8. The van der Waals surface area contributed by atoms with E-state index in [1.807, 2.05) is 12.1 Å². The van der Waals surface area contributed by atoms with Gasteiger partial charge in [0.1, 0.15) is 5.75 Å². The van der Waals surface area contributed by atoms with Gasteiger partial charge in [0.25, 0.3) is 0 Å². The van der Waals surface area contributed by atoms with E-state index >= 15 is 0 Å². The summed E-state index contributed by atoms with van der Waals surface area (Å²) in [6.45, 7) is 0.908. The van der Waals surface area contributed by atoms with Crippen LogP contribution < -0.4 is 10.1 Å². The SMILES string of the molecule is COc1cccc([C@@H]2CNC3(CC3)[C@H]2C#N)c1.O=C(O)C(F)(F)F. The van der Waals surface area contributed by atoms with E-state index in [-0.39, 0.29) is 11.5 Å². The molecule has 0 amide bonds. The highest BCUT2D eigenvalue weighted by Gasteiger charge is 2.56. The zero-order chi connectivity index (χ0) is 18.0. The minimum atomic E-state index is -5.08. The molecule has 0 unspecified atom stereocenters. The van der Waals surface area contributed by atoms with E-state index in [4.69, 9.17) is 14.6 Å². The van der Waals surface area contributed by atoms with Gasteiger partial charge in [0.15, 0.2) is 0 Å². The van der Waals surface area contributed by atoms with E-state index < -0.39 is 12.1 Å². The molecule has 24 heavy (non-hydrogen) atoms. The maximum absolute atomic E-state index is 10.6. The van der Waals surface area contributed by atoms with E-state index in [2.05, 4.69) is 23.5 Å². The van der Waals surface area contributed by atoms with Crippen LogP contribution in [0.1, 0.15) is 24.3 Å². The fourth-order valence-electron chi connectivity index (χ4n) is 2.94. The number of rotatable bonds is 2. The quantitative estimate of drug-likeness (QED) is 0.863. The average Bonchev–Trinajstić information content (AvgIpc) is 3.21. The summed E-state index contributed by atoms with van der Waals surface area (Å²) in [5.41, 5.74) is 1.34. The molecule has 8 heteroatoms. The van der Waals surface area contributed by atoms with Crippen LogP contribution in [-0.4, -0.2) is 36.4 Å². The number of methoxy groups -OCH3 is 1. The Hall–Kier alpha value is -2.27. The predicted molar refractivity (Wildman–Crippen MR) is 78.5 cm³/mol. The minimum Gasteiger partial charge on any atom is -0.497 e. The lowest BCUT2D eigenvalue weighted by Gasteiger charge is -2.17. The first-order valence-corrected chi connectivity index (χ1v) is 7.32. The third-order valence-corrected chi connectivity index (χ3v) is 4.36. The Balaban J connectivity index is 0.000000256. The van der Waals surface area contributed by atoms with Crippen LogP contribution >= 0.6 is 0 Å². The van der Waals surface area contributed by atoms with Crippen LogP contribution in [0.5, 0.6) is 5.75 Å². The smallest absolute Gasteiger partial charge is 0.490 e. The van der Waals surface area contributed by atoms with Crippen molar-refractivity contribution in [2.75, 3.05) is 13.7 Å². The Morgan fingerprint density at radius 1 is 1.46 bits per heavy atom. The highest BCUT2D eigenvalue weighted by molar-refractivity contribution is 5.73. The van der Waals surface area contributed by atoms with Crippen molar-refractivity contribution < 1.29 is 27.8 Å². The average molecular weight is 342 g/mol. The molecule has 0 radical (unpaired) electrons. The Morgan fingerprint density at radius 2 is 2.08 bits per heavy atom. The number of halogens is 3. The summed E-state index contributed by atoms with van der Waals surface area (Å²) in [5, 5.41) is 20.0. The summed E-state index contributed by atoms with van der Waals surface area (Å²) in [4.78, 5) is 8.90. The summed E-state index contributed by atoms with van der Waals surface area (Å²) >= 11 is 0. The summed E-state index contributed by atoms with van der Waals surface area (Å²) < 4.78 is 37.0. The van der Waals surface area contributed by atoms with Crippen molar-refractivity contribution in [2.45, 2.75) is 30.5 Å². The summed E-state index contributed by atoms with van der Waals surface area (Å²) in [5.74, 6) is -1.48. The van der Waals surface area contributed by atoms with Crippen LogP contribution in [-0.2, 0) is 4.79 Å². The molecule has 3 rings (SSSR count). The first kappa shape index (κ1) is 18.1. The van der Waals surface area contributed by atoms with E-state index in [1.54, 1.807) is 7.11 Å². The Bertz CT molecular complexity index is 651. The van der Waals surface area contributed by atoms with E-state index in [0.29, 0.717) is 5.92 Å². The van der Waals surface area contributed by atoms with Crippen molar-refractivity contribution in [1.82, 2.24) is 5.32 Å². The molecule has 1 aromatic rings. The maximum atomic E-state index is 10.6. The van der Waals surface area contributed by atoms with Crippen molar-refractivity contribution in [1.29, 1.82) is 5.26 Å². The van der Waals surface area contributed by atoms with Crippen LogP contribution in [0.3, 0.4) is 0 Å². The number of ether oxygens (including phenoxy) is 1. The van der Waals surface area contributed by atoms with E-state index in [0.717, 1.165) is 25.1 Å². The molecule has 1 heterocycles. The van der Waals surface area contributed by atoms with Gasteiger partial charge in [0.2, 0.25) is 0 Å². The monoisotopic (exact) mass is 342 g/mol. The highest BCUT2D eigenvalue weighted by atomic mass is 19.4. The summed E-state index contributed by atoms with van der Waals surface area (Å²) in [6, 6.07) is 10.6. The third-order valence-electron chi connectivity index (χ3n) is 4.36. The van der Waals surface area contributed by atoms with Crippen molar-refractivity contribution in [2.24, 2.45) is 5.92 Å². The number of nitrogens with one attached hydrogen (secondary N) is 1. The number of carboxylic acids is 1. The standard InChI is InChI=1S/C14H16N2O.C2HF3O2/c1-17-11-4-2-3-10(7-11)12-9-16-14(5-6-14)13(12)8-15;3-2(4,5)1(6)7/h2-4,7,12-13,16H,5-6,9H2,1H3;(H,6,7)/t12-,13-;/m0./s1.